The summed E-state index contributed by atoms with van der Waals surface area (Å²) in [5, 5.41) is 9.88. The van der Waals surface area contributed by atoms with Crippen LogP contribution in [0.25, 0.3) is 0 Å². The van der Waals surface area contributed by atoms with Gasteiger partial charge in [-0.3, -0.25) is 4.79 Å². The van der Waals surface area contributed by atoms with E-state index in [1.807, 2.05) is 4.90 Å². The van der Waals surface area contributed by atoms with E-state index in [0.29, 0.717) is 18.3 Å². The SMILES string of the molecule is O=C(CCCc1ccc(Br)s1)N1CC2CCC(O)C2C1. The molecular formula is C15H20BrNO2S. The smallest absolute Gasteiger partial charge is 0.222 e. The maximum Gasteiger partial charge on any atom is 0.222 e. The van der Waals surface area contributed by atoms with Gasteiger partial charge in [0.2, 0.25) is 5.91 Å². The molecule has 1 saturated heterocycles. The molecule has 0 radical (unpaired) electrons. The third kappa shape index (κ3) is 3.10. The van der Waals surface area contributed by atoms with Gasteiger partial charge >= 0.3 is 0 Å². The molecule has 5 heteroatoms. The van der Waals surface area contributed by atoms with Gasteiger partial charge in [-0.15, -0.1) is 11.3 Å². The normalized spacial score (nSPS) is 28.9. The Balaban J connectivity index is 1.44. The number of fused-ring (bicyclic) bond motifs is 1. The number of amides is 1. The van der Waals surface area contributed by atoms with E-state index in [9.17, 15) is 9.90 Å². The van der Waals surface area contributed by atoms with Crippen LogP contribution < -0.4 is 0 Å². The number of rotatable bonds is 4. The summed E-state index contributed by atoms with van der Waals surface area (Å²) in [5.74, 6) is 1.15. The largest absolute Gasteiger partial charge is 0.393 e. The van der Waals surface area contributed by atoms with Crippen molar-refractivity contribution in [3.8, 4) is 0 Å². The highest BCUT2D eigenvalue weighted by Gasteiger charge is 2.42. The van der Waals surface area contributed by atoms with Gasteiger partial charge in [-0.2, -0.15) is 0 Å². The Hall–Kier alpha value is -0.390. The molecule has 3 rings (SSSR count). The van der Waals surface area contributed by atoms with Gasteiger partial charge in [0.05, 0.1) is 9.89 Å². The molecule has 3 unspecified atom stereocenters. The van der Waals surface area contributed by atoms with Crippen LogP contribution in [0.3, 0.4) is 0 Å². The van der Waals surface area contributed by atoms with E-state index in [4.69, 9.17) is 0 Å². The maximum atomic E-state index is 12.2. The minimum Gasteiger partial charge on any atom is -0.393 e. The lowest BCUT2D eigenvalue weighted by atomic mass is 10.00. The number of aliphatic hydroxyl groups excluding tert-OH is 1. The molecule has 1 aliphatic carbocycles. The quantitative estimate of drug-likeness (QED) is 0.899. The molecule has 0 spiro atoms. The molecule has 3 atom stereocenters. The molecule has 1 N–H and O–H groups in total. The number of aliphatic hydroxyl groups is 1. The Morgan fingerprint density at radius 1 is 1.40 bits per heavy atom. The first kappa shape index (κ1) is 14.5. The molecule has 1 amide bonds. The van der Waals surface area contributed by atoms with Gasteiger partial charge in [0.1, 0.15) is 0 Å². The van der Waals surface area contributed by atoms with E-state index in [1.54, 1.807) is 11.3 Å². The maximum absolute atomic E-state index is 12.2. The van der Waals surface area contributed by atoms with E-state index in [0.717, 1.165) is 42.6 Å². The molecule has 1 saturated carbocycles. The van der Waals surface area contributed by atoms with Crippen LogP contribution in [0.1, 0.15) is 30.6 Å². The Morgan fingerprint density at radius 2 is 2.25 bits per heavy atom. The second-order valence-corrected chi connectivity index (χ2v) is 8.47. The van der Waals surface area contributed by atoms with Crippen LogP contribution in [0.4, 0.5) is 0 Å². The summed E-state index contributed by atoms with van der Waals surface area (Å²) >= 11 is 5.20. The first-order valence-corrected chi connectivity index (χ1v) is 8.94. The second kappa shape index (κ2) is 6.16. The highest BCUT2D eigenvalue weighted by Crippen LogP contribution is 2.38. The zero-order valence-corrected chi connectivity index (χ0v) is 13.8. The van der Waals surface area contributed by atoms with Crippen molar-refractivity contribution >= 4 is 33.2 Å². The molecule has 1 aromatic rings. The monoisotopic (exact) mass is 357 g/mol. The second-order valence-electron chi connectivity index (χ2n) is 5.93. The lowest BCUT2D eigenvalue weighted by Gasteiger charge is -2.18. The average molecular weight is 358 g/mol. The van der Waals surface area contributed by atoms with Crippen LogP contribution in [0, 0.1) is 11.8 Å². The van der Waals surface area contributed by atoms with Crippen LogP contribution in [-0.2, 0) is 11.2 Å². The fraction of sp³-hybridized carbons (Fsp3) is 0.667. The number of carbonyl (C=O) groups excluding carboxylic acids is 1. The topological polar surface area (TPSA) is 40.5 Å². The summed E-state index contributed by atoms with van der Waals surface area (Å²) in [4.78, 5) is 15.5. The van der Waals surface area contributed by atoms with Crippen molar-refractivity contribution in [1.82, 2.24) is 4.90 Å². The number of carbonyl (C=O) groups is 1. The van der Waals surface area contributed by atoms with E-state index in [-0.39, 0.29) is 12.0 Å². The Kier molecular flexibility index (Phi) is 4.48. The van der Waals surface area contributed by atoms with Crippen molar-refractivity contribution in [2.45, 2.75) is 38.2 Å². The van der Waals surface area contributed by atoms with E-state index < -0.39 is 0 Å². The predicted molar refractivity (Wildman–Crippen MR) is 83.8 cm³/mol. The molecule has 1 aromatic heterocycles. The van der Waals surface area contributed by atoms with Crippen LogP contribution in [0.15, 0.2) is 15.9 Å². The lowest BCUT2D eigenvalue weighted by molar-refractivity contribution is -0.130. The summed E-state index contributed by atoms with van der Waals surface area (Å²) in [6.07, 6.45) is 4.35. The molecule has 0 aromatic carbocycles. The number of nitrogens with zero attached hydrogens (tertiary/aromatic N) is 1. The molecule has 2 fully saturated rings. The molecule has 0 bridgehead atoms. The molecule has 3 nitrogen and oxygen atoms in total. The third-order valence-corrected chi connectivity index (χ3v) is 6.30. The highest BCUT2D eigenvalue weighted by atomic mass is 79.9. The summed E-state index contributed by atoms with van der Waals surface area (Å²) in [6, 6.07) is 4.18. The van der Waals surface area contributed by atoms with E-state index >= 15 is 0 Å². The number of aryl methyl sites for hydroxylation is 1. The Morgan fingerprint density at radius 3 is 2.95 bits per heavy atom. The molecule has 20 heavy (non-hydrogen) atoms. The number of thiophene rings is 1. The highest BCUT2D eigenvalue weighted by molar-refractivity contribution is 9.11. The third-order valence-electron chi connectivity index (χ3n) is 4.61. The van der Waals surface area contributed by atoms with Gasteiger partial charge in [0.25, 0.3) is 0 Å². The molecule has 110 valence electrons. The zero-order chi connectivity index (χ0) is 14.1. The van der Waals surface area contributed by atoms with Crippen LogP contribution in [-0.4, -0.2) is 35.1 Å². The summed E-state index contributed by atoms with van der Waals surface area (Å²) < 4.78 is 1.15. The van der Waals surface area contributed by atoms with Crippen molar-refractivity contribution in [2.75, 3.05) is 13.1 Å². The number of halogens is 1. The number of hydrogen-bond acceptors (Lipinski definition) is 3. The summed E-state index contributed by atoms with van der Waals surface area (Å²) in [6.45, 7) is 1.64. The summed E-state index contributed by atoms with van der Waals surface area (Å²) in [5.41, 5.74) is 0. The fourth-order valence-electron chi connectivity index (χ4n) is 3.50. The van der Waals surface area contributed by atoms with Crippen molar-refractivity contribution in [2.24, 2.45) is 11.8 Å². The van der Waals surface area contributed by atoms with Crippen molar-refractivity contribution < 1.29 is 9.90 Å². The van der Waals surface area contributed by atoms with Gasteiger partial charge in [-0.05, 0) is 59.7 Å². The first-order valence-electron chi connectivity index (χ1n) is 7.33. The van der Waals surface area contributed by atoms with Crippen molar-refractivity contribution in [3.05, 3.63) is 20.8 Å². The molecule has 1 aliphatic heterocycles. The van der Waals surface area contributed by atoms with Crippen molar-refractivity contribution in [3.63, 3.8) is 0 Å². The van der Waals surface area contributed by atoms with E-state index in [1.165, 1.54) is 4.88 Å². The van der Waals surface area contributed by atoms with Gasteiger partial charge < -0.3 is 10.0 Å². The van der Waals surface area contributed by atoms with E-state index in [2.05, 4.69) is 28.1 Å². The van der Waals surface area contributed by atoms with Crippen LogP contribution >= 0.6 is 27.3 Å². The van der Waals surface area contributed by atoms with Gasteiger partial charge in [-0.1, -0.05) is 0 Å². The van der Waals surface area contributed by atoms with Gasteiger partial charge in [-0.25, -0.2) is 0 Å². The minimum absolute atomic E-state index is 0.179. The molecule has 2 heterocycles. The van der Waals surface area contributed by atoms with Crippen LogP contribution in [0.5, 0.6) is 0 Å². The average Bonchev–Trinajstić information content (AvgIpc) is 3.08. The van der Waals surface area contributed by atoms with Gasteiger partial charge in [0.15, 0.2) is 0 Å². The lowest BCUT2D eigenvalue weighted by Crippen LogP contribution is -2.30. The van der Waals surface area contributed by atoms with Crippen LogP contribution in [0.2, 0.25) is 0 Å². The fourth-order valence-corrected chi connectivity index (χ4v) is 5.02. The minimum atomic E-state index is -0.179. The first-order chi connectivity index (χ1) is 9.63. The number of hydrogen-bond donors (Lipinski definition) is 1. The number of likely N-dealkylation sites (tertiary alicyclic amines) is 1. The van der Waals surface area contributed by atoms with Crippen molar-refractivity contribution in [1.29, 1.82) is 0 Å². The molecule has 2 aliphatic rings. The zero-order valence-electron chi connectivity index (χ0n) is 11.4. The molecular weight excluding hydrogens is 338 g/mol. The van der Waals surface area contributed by atoms with Gasteiger partial charge in [0, 0.05) is 30.3 Å². The summed E-state index contributed by atoms with van der Waals surface area (Å²) in [7, 11) is 0. The standard InChI is InChI=1S/C15H20BrNO2S/c16-14-7-5-11(20-14)2-1-3-15(19)17-8-10-4-6-13(18)12(10)9-17/h5,7,10,12-13,18H,1-4,6,8-9H2. The Labute approximate surface area is 132 Å². The Bertz CT molecular complexity index is 490. The predicted octanol–water partition coefficient (Wildman–Crippen LogP) is 3.06.